The maximum Gasteiger partial charge on any atom is 0.234 e. The van der Waals surface area contributed by atoms with Gasteiger partial charge >= 0.3 is 0 Å². The summed E-state index contributed by atoms with van der Waals surface area (Å²) in [6, 6.07) is 16.5. The number of phenolic OH excluding ortho intramolecular Hbond substituents is 1. The van der Waals surface area contributed by atoms with E-state index in [1.165, 1.54) is 0 Å². The highest BCUT2D eigenvalue weighted by atomic mass is 16.3. The van der Waals surface area contributed by atoms with Crippen molar-refractivity contribution in [3.8, 4) is 22.9 Å². The van der Waals surface area contributed by atoms with Crippen molar-refractivity contribution < 1.29 is 9.90 Å². The van der Waals surface area contributed by atoms with Gasteiger partial charge < -0.3 is 10.4 Å². The van der Waals surface area contributed by atoms with E-state index >= 15 is 0 Å². The molecular weight excluding hydrogens is 252 g/mol. The fourth-order valence-corrected chi connectivity index (χ4v) is 1.85. The molecule has 0 unspecified atom stereocenters. The quantitative estimate of drug-likeness (QED) is 0.893. The van der Waals surface area contributed by atoms with Crippen molar-refractivity contribution in [3.63, 3.8) is 0 Å². The van der Waals surface area contributed by atoms with Gasteiger partial charge in [-0.2, -0.15) is 5.26 Å². The highest BCUT2D eigenvalue weighted by molar-refractivity contribution is 5.78. The van der Waals surface area contributed by atoms with Crippen LogP contribution in [0.25, 0.3) is 11.1 Å². The molecule has 2 aromatic carbocycles. The highest BCUT2D eigenvalue weighted by Gasteiger charge is 2.04. The van der Waals surface area contributed by atoms with Crippen LogP contribution in [0.5, 0.6) is 5.75 Å². The van der Waals surface area contributed by atoms with Crippen molar-refractivity contribution in [1.82, 2.24) is 5.32 Å². The predicted molar refractivity (Wildman–Crippen MR) is 75.6 cm³/mol. The molecule has 20 heavy (non-hydrogen) atoms. The molecular formula is C16H14N2O2. The lowest BCUT2D eigenvalue weighted by Crippen LogP contribution is -2.21. The zero-order chi connectivity index (χ0) is 14.4. The molecule has 0 bridgehead atoms. The number of amides is 1. The van der Waals surface area contributed by atoms with E-state index in [0.717, 1.165) is 16.7 Å². The van der Waals surface area contributed by atoms with E-state index in [1.54, 1.807) is 18.2 Å². The summed E-state index contributed by atoms with van der Waals surface area (Å²) in [6.45, 7) is 0.390. The van der Waals surface area contributed by atoms with Crippen LogP contribution in [0.15, 0.2) is 48.5 Å². The Balaban J connectivity index is 2.06. The zero-order valence-corrected chi connectivity index (χ0v) is 10.8. The smallest absolute Gasteiger partial charge is 0.234 e. The van der Waals surface area contributed by atoms with E-state index in [2.05, 4.69) is 5.32 Å². The van der Waals surface area contributed by atoms with E-state index in [-0.39, 0.29) is 18.1 Å². The van der Waals surface area contributed by atoms with Gasteiger partial charge in [-0.1, -0.05) is 42.5 Å². The number of nitriles is 1. The molecule has 0 fully saturated rings. The number of phenols is 1. The van der Waals surface area contributed by atoms with Crippen molar-refractivity contribution in [3.05, 3.63) is 54.1 Å². The van der Waals surface area contributed by atoms with E-state index in [1.807, 2.05) is 36.4 Å². The van der Waals surface area contributed by atoms with Gasteiger partial charge in [0.15, 0.2) is 0 Å². The van der Waals surface area contributed by atoms with Crippen LogP contribution in [-0.2, 0) is 11.3 Å². The molecule has 0 aromatic heterocycles. The minimum atomic E-state index is -0.280. The van der Waals surface area contributed by atoms with Crippen molar-refractivity contribution in [2.75, 3.05) is 0 Å². The summed E-state index contributed by atoms with van der Waals surface area (Å²) in [5.41, 5.74) is 2.62. The van der Waals surface area contributed by atoms with Crippen LogP contribution in [0.3, 0.4) is 0 Å². The van der Waals surface area contributed by atoms with Gasteiger partial charge in [-0.15, -0.1) is 0 Å². The van der Waals surface area contributed by atoms with Gasteiger partial charge in [-0.3, -0.25) is 4.79 Å². The second-order valence-electron chi connectivity index (χ2n) is 4.33. The lowest BCUT2D eigenvalue weighted by Gasteiger charge is -2.07. The van der Waals surface area contributed by atoms with Crippen LogP contribution in [0, 0.1) is 11.3 Å². The molecule has 0 saturated carbocycles. The van der Waals surface area contributed by atoms with Crippen molar-refractivity contribution >= 4 is 5.91 Å². The normalized spacial score (nSPS) is 9.75. The number of rotatable bonds is 4. The van der Waals surface area contributed by atoms with Crippen LogP contribution in [-0.4, -0.2) is 11.0 Å². The van der Waals surface area contributed by atoms with Gasteiger partial charge in [-0.25, -0.2) is 0 Å². The molecule has 2 aromatic rings. The fourth-order valence-electron chi connectivity index (χ4n) is 1.85. The molecule has 100 valence electrons. The molecule has 4 nitrogen and oxygen atoms in total. The van der Waals surface area contributed by atoms with Crippen molar-refractivity contribution in [2.24, 2.45) is 0 Å². The Morgan fingerprint density at radius 2 is 1.85 bits per heavy atom. The van der Waals surface area contributed by atoms with Crippen LogP contribution < -0.4 is 5.32 Å². The molecule has 0 heterocycles. The first-order valence-corrected chi connectivity index (χ1v) is 6.21. The van der Waals surface area contributed by atoms with Crippen LogP contribution in [0.4, 0.5) is 0 Å². The highest BCUT2D eigenvalue weighted by Crippen LogP contribution is 2.28. The van der Waals surface area contributed by atoms with Crippen LogP contribution in [0.1, 0.15) is 12.0 Å². The minimum Gasteiger partial charge on any atom is -0.507 e. The average Bonchev–Trinajstić information content (AvgIpc) is 2.47. The van der Waals surface area contributed by atoms with Gasteiger partial charge in [0.2, 0.25) is 5.91 Å². The number of carbonyl (C=O) groups excluding carboxylic acids is 1. The Hall–Kier alpha value is -2.80. The van der Waals surface area contributed by atoms with E-state index in [4.69, 9.17) is 5.26 Å². The summed E-state index contributed by atoms with van der Waals surface area (Å²) in [4.78, 5) is 11.2. The minimum absolute atomic E-state index is 0.129. The summed E-state index contributed by atoms with van der Waals surface area (Å²) in [5.74, 6) is -0.0418. The van der Waals surface area contributed by atoms with Crippen LogP contribution in [0.2, 0.25) is 0 Å². The third kappa shape index (κ3) is 3.36. The molecule has 0 saturated heterocycles. The first-order chi connectivity index (χ1) is 9.70. The maximum absolute atomic E-state index is 11.2. The zero-order valence-electron chi connectivity index (χ0n) is 10.8. The number of benzene rings is 2. The number of para-hydroxylation sites is 1. The Labute approximate surface area is 117 Å². The Bertz CT molecular complexity index is 642. The van der Waals surface area contributed by atoms with Gasteiger partial charge in [0.25, 0.3) is 0 Å². The number of hydrogen-bond donors (Lipinski definition) is 2. The van der Waals surface area contributed by atoms with Crippen LogP contribution >= 0.6 is 0 Å². The number of nitrogens with one attached hydrogen (secondary N) is 1. The monoisotopic (exact) mass is 266 g/mol. The number of nitrogens with zero attached hydrogens (tertiary/aromatic N) is 1. The summed E-state index contributed by atoms with van der Waals surface area (Å²) in [6.07, 6.45) is -0.129. The first-order valence-electron chi connectivity index (χ1n) is 6.21. The van der Waals surface area contributed by atoms with E-state index in [0.29, 0.717) is 6.54 Å². The molecule has 0 aliphatic carbocycles. The molecule has 0 aliphatic rings. The molecule has 0 spiro atoms. The van der Waals surface area contributed by atoms with Crippen molar-refractivity contribution in [1.29, 1.82) is 5.26 Å². The lowest BCUT2D eigenvalue weighted by molar-refractivity contribution is -0.120. The molecule has 2 N–H and O–H groups in total. The van der Waals surface area contributed by atoms with Crippen molar-refractivity contribution in [2.45, 2.75) is 13.0 Å². The molecule has 0 radical (unpaired) electrons. The summed E-state index contributed by atoms with van der Waals surface area (Å²) in [7, 11) is 0. The first kappa shape index (κ1) is 13.6. The molecule has 4 heteroatoms. The average molecular weight is 266 g/mol. The van der Waals surface area contributed by atoms with E-state index in [9.17, 15) is 9.90 Å². The largest absolute Gasteiger partial charge is 0.507 e. The molecule has 0 aliphatic heterocycles. The SMILES string of the molecule is N#CCC(=O)NCc1ccc(-c2ccccc2O)cc1. The number of carbonyl (C=O) groups is 1. The second kappa shape index (κ2) is 6.39. The summed E-state index contributed by atoms with van der Waals surface area (Å²) < 4.78 is 0. The molecule has 2 rings (SSSR count). The number of aromatic hydroxyl groups is 1. The molecule has 0 atom stereocenters. The summed E-state index contributed by atoms with van der Waals surface area (Å²) >= 11 is 0. The summed E-state index contributed by atoms with van der Waals surface area (Å²) in [5, 5.41) is 20.8. The third-order valence-corrected chi connectivity index (χ3v) is 2.90. The Morgan fingerprint density at radius 1 is 1.15 bits per heavy atom. The fraction of sp³-hybridized carbons (Fsp3) is 0.125. The Morgan fingerprint density at radius 3 is 2.50 bits per heavy atom. The molecule has 1 amide bonds. The Kier molecular flexibility index (Phi) is 4.35. The van der Waals surface area contributed by atoms with E-state index < -0.39 is 0 Å². The van der Waals surface area contributed by atoms with Gasteiger partial charge in [0, 0.05) is 12.1 Å². The predicted octanol–water partition coefficient (Wildman–Crippen LogP) is 2.59. The number of hydrogen-bond acceptors (Lipinski definition) is 3. The third-order valence-electron chi connectivity index (χ3n) is 2.90. The van der Waals surface area contributed by atoms with Gasteiger partial charge in [-0.05, 0) is 17.2 Å². The standard InChI is InChI=1S/C16H14N2O2/c17-10-9-16(20)18-11-12-5-7-13(8-6-12)14-3-1-2-4-15(14)19/h1-8,19H,9,11H2,(H,18,20). The van der Waals surface area contributed by atoms with Gasteiger partial charge in [0.1, 0.15) is 12.2 Å². The maximum atomic E-state index is 11.2. The van der Waals surface area contributed by atoms with Gasteiger partial charge in [0.05, 0.1) is 6.07 Å². The second-order valence-corrected chi connectivity index (χ2v) is 4.33. The lowest BCUT2D eigenvalue weighted by atomic mass is 10.0. The topological polar surface area (TPSA) is 73.1 Å².